The van der Waals surface area contributed by atoms with E-state index in [1.165, 1.54) is 0 Å². The van der Waals surface area contributed by atoms with Crippen molar-refractivity contribution < 1.29 is 27.3 Å². The van der Waals surface area contributed by atoms with Crippen LogP contribution in [0.5, 0.6) is 0 Å². The second-order valence-corrected chi connectivity index (χ2v) is 6.49. The predicted molar refractivity (Wildman–Crippen MR) is 61.1 cm³/mol. The van der Waals surface area contributed by atoms with Crippen LogP contribution in [0.1, 0.15) is 6.42 Å². The van der Waals surface area contributed by atoms with Crippen molar-refractivity contribution in [3.8, 4) is 0 Å². The summed E-state index contributed by atoms with van der Waals surface area (Å²) in [5.41, 5.74) is -0.350. The summed E-state index contributed by atoms with van der Waals surface area (Å²) in [7, 11) is -3.82. The Morgan fingerprint density at radius 1 is 1.53 bits per heavy atom. The first kappa shape index (κ1) is 12.4. The van der Waals surface area contributed by atoms with Crippen LogP contribution >= 0.6 is 0 Å². The molecule has 104 valence electrons. The molecule has 3 heterocycles. The molecule has 9 heteroatoms. The highest BCUT2D eigenvalue weighted by atomic mass is 32.2. The van der Waals surface area contributed by atoms with Crippen LogP contribution in [0.2, 0.25) is 0 Å². The van der Waals surface area contributed by atoms with E-state index in [-0.39, 0.29) is 41.8 Å². The summed E-state index contributed by atoms with van der Waals surface area (Å²) >= 11 is 0. The lowest BCUT2D eigenvalue weighted by molar-refractivity contribution is -0.154. The van der Waals surface area contributed by atoms with E-state index in [1.807, 2.05) is 0 Å². The molecule has 0 saturated carbocycles. The highest BCUT2D eigenvalue weighted by molar-refractivity contribution is 7.86. The monoisotopic (exact) mass is 288 g/mol. The maximum absolute atomic E-state index is 11.8. The van der Waals surface area contributed by atoms with Gasteiger partial charge < -0.3 is 14.6 Å². The molecule has 0 radical (unpaired) electrons. The molecule has 0 aliphatic carbocycles. The molecular weight excluding hydrogens is 276 g/mol. The zero-order valence-corrected chi connectivity index (χ0v) is 10.8. The topological polar surface area (TPSA) is 113 Å². The summed E-state index contributed by atoms with van der Waals surface area (Å²) in [6, 6.07) is -0.551. The maximum Gasteiger partial charge on any atom is 0.356 e. The Morgan fingerprint density at radius 2 is 2.21 bits per heavy atom. The van der Waals surface area contributed by atoms with Gasteiger partial charge in [0.2, 0.25) is 5.91 Å². The molecule has 2 fully saturated rings. The number of amides is 1. The van der Waals surface area contributed by atoms with Crippen molar-refractivity contribution in [3.05, 3.63) is 11.5 Å². The van der Waals surface area contributed by atoms with Gasteiger partial charge in [0.15, 0.2) is 11.5 Å². The Hall–Kier alpha value is -1.61. The van der Waals surface area contributed by atoms with E-state index in [4.69, 9.17) is 4.18 Å². The number of hydrogen-bond acceptors (Lipinski definition) is 6. The van der Waals surface area contributed by atoms with Crippen molar-refractivity contribution in [2.75, 3.05) is 12.8 Å². The van der Waals surface area contributed by atoms with E-state index < -0.39 is 16.1 Å². The molecule has 3 aliphatic rings. The van der Waals surface area contributed by atoms with Crippen LogP contribution in [0.4, 0.5) is 0 Å². The number of carboxylic acids is 1. The number of carbonyl (C=O) groups is 2. The van der Waals surface area contributed by atoms with Gasteiger partial charge >= 0.3 is 16.1 Å². The molecule has 2 saturated heterocycles. The van der Waals surface area contributed by atoms with Gasteiger partial charge in [0.1, 0.15) is 6.04 Å². The van der Waals surface area contributed by atoms with Gasteiger partial charge in [-0.3, -0.25) is 9.69 Å². The van der Waals surface area contributed by atoms with Crippen molar-refractivity contribution >= 4 is 22.0 Å². The number of nitrogens with one attached hydrogen (secondary N) is 1. The van der Waals surface area contributed by atoms with Gasteiger partial charge in [0.05, 0.1) is 12.3 Å². The van der Waals surface area contributed by atoms with Crippen molar-refractivity contribution in [2.45, 2.75) is 18.5 Å². The standard InChI is InChI=1S/C10H12N2O6S/c1-19(16,17)18-5-2-4-3-11-6-7(4)12(9(6)13)8(5)10(14)15/h4,6-7,11H,2-3H2,1H3,(H,14,15)/t4-,6+,7-/m1/s1. The fourth-order valence-electron chi connectivity index (χ4n) is 3.00. The third-order valence-corrected chi connectivity index (χ3v) is 4.14. The van der Waals surface area contributed by atoms with E-state index in [0.717, 1.165) is 11.2 Å². The van der Waals surface area contributed by atoms with Crippen LogP contribution in [0.25, 0.3) is 0 Å². The van der Waals surface area contributed by atoms with Crippen LogP contribution in [-0.4, -0.2) is 55.2 Å². The van der Waals surface area contributed by atoms with Crippen LogP contribution < -0.4 is 5.32 Å². The summed E-state index contributed by atoms with van der Waals surface area (Å²) in [5.74, 6) is -1.87. The lowest BCUT2D eigenvalue weighted by Gasteiger charge is -2.48. The number of allylic oxidation sites excluding steroid dienone is 1. The van der Waals surface area contributed by atoms with E-state index >= 15 is 0 Å². The second kappa shape index (κ2) is 3.70. The molecule has 3 aliphatic heterocycles. The molecule has 3 rings (SSSR count). The summed E-state index contributed by atoms with van der Waals surface area (Å²) in [6.07, 6.45) is 1.05. The average molecular weight is 288 g/mol. The normalized spacial score (nSPS) is 33.0. The van der Waals surface area contributed by atoms with Crippen molar-refractivity contribution in [2.24, 2.45) is 5.92 Å². The van der Waals surface area contributed by atoms with E-state index in [0.29, 0.717) is 6.54 Å². The van der Waals surface area contributed by atoms with Crippen LogP contribution in [0.3, 0.4) is 0 Å². The minimum Gasteiger partial charge on any atom is -0.476 e. The Morgan fingerprint density at radius 3 is 2.79 bits per heavy atom. The molecule has 1 amide bonds. The lowest BCUT2D eigenvalue weighted by Crippen LogP contribution is -2.68. The first-order valence-corrected chi connectivity index (χ1v) is 7.53. The highest BCUT2D eigenvalue weighted by Crippen LogP contribution is 2.43. The second-order valence-electron chi connectivity index (χ2n) is 4.91. The van der Waals surface area contributed by atoms with Gasteiger partial charge in [0.25, 0.3) is 0 Å². The Balaban J connectivity index is 2.05. The number of nitrogens with zero attached hydrogens (tertiary/aromatic N) is 1. The lowest BCUT2D eigenvalue weighted by atomic mass is 9.82. The first-order valence-electron chi connectivity index (χ1n) is 5.72. The Kier molecular flexibility index (Phi) is 2.42. The van der Waals surface area contributed by atoms with Crippen LogP contribution in [-0.2, 0) is 23.9 Å². The Bertz CT molecular complexity index is 610. The van der Waals surface area contributed by atoms with Crippen LogP contribution in [0, 0.1) is 5.92 Å². The third-order valence-electron chi connectivity index (χ3n) is 3.63. The molecule has 0 bridgehead atoms. The highest BCUT2D eigenvalue weighted by Gasteiger charge is 2.60. The average Bonchev–Trinajstić information content (AvgIpc) is 2.65. The zero-order chi connectivity index (χ0) is 13.9. The molecule has 0 aromatic heterocycles. The van der Waals surface area contributed by atoms with Gasteiger partial charge in [-0.1, -0.05) is 0 Å². The molecular formula is C10H12N2O6S. The number of β-lactam (4-membered cyclic amide) rings is 1. The van der Waals surface area contributed by atoms with Crippen molar-refractivity contribution in [3.63, 3.8) is 0 Å². The predicted octanol–water partition coefficient (Wildman–Crippen LogP) is -1.54. The van der Waals surface area contributed by atoms with Gasteiger partial charge in [-0.05, 0) is 0 Å². The molecule has 0 spiro atoms. The maximum atomic E-state index is 11.8. The minimum absolute atomic E-state index is 0.0115. The molecule has 19 heavy (non-hydrogen) atoms. The van der Waals surface area contributed by atoms with Gasteiger partial charge in [0, 0.05) is 18.9 Å². The van der Waals surface area contributed by atoms with Gasteiger partial charge in [-0.15, -0.1) is 0 Å². The molecule has 0 unspecified atom stereocenters. The molecule has 2 N–H and O–H groups in total. The fourth-order valence-corrected chi connectivity index (χ4v) is 3.51. The first-order chi connectivity index (χ1) is 8.79. The van der Waals surface area contributed by atoms with E-state index in [9.17, 15) is 23.1 Å². The number of carbonyl (C=O) groups excluding carboxylic acids is 1. The van der Waals surface area contributed by atoms with E-state index in [2.05, 4.69) is 5.32 Å². The van der Waals surface area contributed by atoms with Crippen LogP contribution in [0.15, 0.2) is 11.5 Å². The number of aliphatic carboxylic acids is 1. The summed E-state index contributed by atoms with van der Waals surface area (Å²) in [5, 5.41) is 12.2. The summed E-state index contributed by atoms with van der Waals surface area (Å²) in [6.45, 7) is 0.543. The molecule has 8 nitrogen and oxygen atoms in total. The fraction of sp³-hybridized carbons (Fsp3) is 0.600. The smallest absolute Gasteiger partial charge is 0.356 e. The van der Waals surface area contributed by atoms with Gasteiger partial charge in [-0.25, -0.2) is 4.79 Å². The number of hydrogen-bond donors (Lipinski definition) is 2. The number of carboxylic acid groups (broad SMARTS) is 1. The molecule has 0 aromatic carbocycles. The zero-order valence-electron chi connectivity index (χ0n) is 9.99. The van der Waals surface area contributed by atoms with Gasteiger partial charge in [-0.2, -0.15) is 8.42 Å². The Labute approximate surface area is 109 Å². The number of rotatable bonds is 3. The minimum atomic E-state index is -3.82. The van der Waals surface area contributed by atoms with E-state index in [1.54, 1.807) is 0 Å². The summed E-state index contributed by atoms with van der Waals surface area (Å²) in [4.78, 5) is 24.3. The summed E-state index contributed by atoms with van der Waals surface area (Å²) < 4.78 is 27.1. The largest absolute Gasteiger partial charge is 0.476 e. The SMILES string of the molecule is CS(=O)(=O)OC1=C(C(=O)O)N2C(=O)[C@H]3NC[C@@H](C1)[C@H]32. The quantitative estimate of drug-likeness (QED) is 0.478. The molecule has 0 aromatic rings. The third kappa shape index (κ3) is 1.72. The van der Waals surface area contributed by atoms with Crippen molar-refractivity contribution in [1.82, 2.24) is 10.2 Å². The van der Waals surface area contributed by atoms with Crippen molar-refractivity contribution in [1.29, 1.82) is 0 Å². The molecule has 3 atom stereocenters.